The van der Waals surface area contributed by atoms with Crippen LogP contribution in [0.2, 0.25) is 0 Å². The smallest absolute Gasteiger partial charge is 0.254 e. The van der Waals surface area contributed by atoms with Crippen molar-refractivity contribution in [2.24, 2.45) is 10.8 Å². The van der Waals surface area contributed by atoms with Crippen LogP contribution >= 0.6 is 0 Å². The summed E-state index contributed by atoms with van der Waals surface area (Å²) in [7, 11) is 0. The van der Waals surface area contributed by atoms with Gasteiger partial charge in [0.1, 0.15) is 5.65 Å². The first-order valence-corrected chi connectivity index (χ1v) is 15.3. The van der Waals surface area contributed by atoms with E-state index in [0.717, 1.165) is 55.3 Å². The summed E-state index contributed by atoms with van der Waals surface area (Å²) in [5.74, 6) is -2.44. The number of alkyl halides is 2. The van der Waals surface area contributed by atoms with Crippen LogP contribution in [0, 0.1) is 10.8 Å². The quantitative estimate of drug-likeness (QED) is 0.355. The fourth-order valence-corrected chi connectivity index (χ4v) is 7.98. The van der Waals surface area contributed by atoms with Gasteiger partial charge in [-0.1, -0.05) is 31.9 Å². The molecule has 8 heteroatoms. The predicted octanol–water partition coefficient (Wildman–Crippen LogP) is 6.58. The van der Waals surface area contributed by atoms with Gasteiger partial charge in [-0.3, -0.25) is 9.88 Å². The van der Waals surface area contributed by atoms with Crippen LogP contribution in [0.5, 0.6) is 0 Å². The first-order chi connectivity index (χ1) is 19.8. The molecule has 0 atom stereocenters. The molecule has 2 saturated heterocycles. The van der Waals surface area contributed by atoms with Crippen molar-refractivity contribution in [3.63, 3.8) is 0 Å². The van der Waals surface area contributed by atoms with Crippen molar-refractivity contribution in [2.75, 3.05) is 31.1 Å². The molecule has 6 heterocycles. The van der Waals surface area contributed by atoms with Gasteiger partial charge in [0.25, 0.3) is 5.92 Å². The molecule has 2 spiro atoms. The summed E-state index contributed by atoms with van der Waals surface area (Å²) in [6, 6.07) is 4.16. The minimum atomic E-state index is -2.44. The van der Waals surface area contributed by atoms with Crippen molar-refractivity contribution in [2.45, 2.75) is 70.4 Å². The zero-order chi connectivity index (χ0) is 27.8. The predicted molar refractivity (Wildman–Crippen MR) is 157 cm³/mol. The van der Waals surface area contributed by atoms with E-state index >= 15 is 0 Å². The number of pyridine rings is 2. The fourth-order valence-electron chi connectivity index (χ4n) is 7.98. The van der Waals surface area contributed by atoms with E-state index in [1.807, 2.05) is 12.4 Å². The van der Waals surface area contributed by atoms with Gasteiger partial charge in [-0.2, -0.15) is 0 Å². The molecule has 0 aromatic carbocycles. The number of hydrogen-bond donors (Lipinski definition) is 0. The van der Waals surface area contributed by atoms with E-state index in [9.17, 15) is 8.78 Å². The van der Waals surface area contributed by atoms with Crippen LogP contribution < -0.4 is 4.90 Å². The maximum absolute atomic E-state index is 13.8. The lowest BCUT2D eigenvalue weighted by molar-refractivity contribution is 0.0299. The van der Waals surface area contributed by atoms with E-state index in [4.69, 9.17) is 4.98 Å². The first kappa shape index (κ1) is 25.5. The normalized spacial score (nSPS) is 24.2. The van der Waals surface area contributed by atoms with Gasteiger partial charge < -0.3 is 14.2 Å². The SMILES string of the molecule is C=C1c2cncc(N3CC4(CCCCC4)C3)c2C=CN1Cc1cn2cc(CN3CCC4(CC3)CC4(F)F)ccc2n1. The number of piperidine rings is 1. The van der Waals surface area contributed by atoms with E-state index in [-0.39, 0.29) is 6.42 Å². The van der Waals surface area contributed by atoms with Gasteiger partial charge in [-0.25, -0.2) is 13.8 Å². The molecule has 214 valence electrons. The third-order valence-corrected chi connectivity index (χ3v) is 10.7. The number of likely N-dealkylation sites (tertiary alicyclic amines) is 1. The molecule has 8 rings (SSSR count). The molecule has 41 heavy (non-hydrogen) atoms. The average Bonchev–Trinajstić information content (AvgIpc) is 3.26. The van der Waals surface area contributed by atoms with E-state index in [1.165, 1.54) is 48.9 Å². The molecule has 5 aliphatic rings. The maximum Gasteiger partial charge on any atom is 0.254 e. The van der Waals surface area contributed by atoms with Crippen molar-refractivity contribution in [3.8, 4) is 0 Å². The molecular weight excluding hydrogens is 518 g/mol. The first-order valence-electron chi connectivity index (χ1n) is 15.3. The van der Waals surface area contributed by atoms with Crippen LogP contribution in [0.1, 0.15) is 73.8 Å². The Hall–Kier alpha value is -3.26. The molecular formula is C33H38F2N6. The van der Waals surface area contributed by atoms with Crippen LogP contribution in [0.15, 0.2) is 49.7 Å². The van der Waals surface area contributed by atoms with Gasteiger partial charge in [0, 0.05) is 78.5 Å². The van der Waals surface area contributed by atoms with Crippen molar-refractivity contribution >= 4 is 23.1 Å². The highest BCUT2D eigenvalue weighted by molar-refractivity contribution is 5.83. The van der Waals surface area contributed by atoms with Crippen molar-refractivity contribution < 1.29 is 8.78 Å². The molecule has 2 saturated carbocycles. The summed E-state index contributed by atoms with van der Waals surface area (Å²) in [5, 5.41) is 0. The van der Waals surface area contributed by atoms with Crippen molar-refractivity contribution in [3.05, 3.63) is 72.1 Å². The number of nitrogens with zero attached hydrogens (tertiary/aromatic N) is 6. The van der Waals surface area contributed by atoms with E-state index in [0.29, 0.717) is 24.8 Å². The van der Waals surface area contributed by atoms with Crippen LogP contribution in [-0.4, -0.2) is 56.3 Å². The van der Waals surface area contributed by atoms with Crippen LogP contribution in [0.25, 0.3) is 17.4 Å². The van der Waals surface area contributed by atoms with Crippen LogP contribution in [0.3, 0.4) is 0 Å². The Morgan fingerprint density at radius 1 is 0.927 bits per heavy atom. The molecule has 4 fully saturated rings. The zero-order valence-corrected chi connectivity index (χ0v) is 23.7. The summed E-state index contributed by atoms with van der Waals surface area (Å²) in [4.78, 5) is 16.5. The number of halogens is 2. The van der Waals surface area contributed by atoms with Gasteiger partial charge in [-0.15, -0.1) is 0 Å². The molecule has 0 radical (unpaired) electrons. The number of anilines is 1. The molecule has 0 N–H and O–H groups in total. The standard InChI is InChI=1S/C33H38F2N6/c1-24-28-15-36-16-29(41-22-31(23-41)8-3-2-4-9-31)27(28)7-12-39(24)19-26-20-40-18-25(5-6-30(40)37-26)17-38-13-10-32(11-14-38)21-33(32,34)35/h5-7,12,15-16,18,20H,1-4,8-11,13-14,17,19,21-23H2. The lowest BCUT2D eigenvalue weighted by atomic mass is 9.68. The van der Waals surface area contributed by atoms with Gasteiger partial charge in [0.15, 0.2) is 0 Å². The number of aromatic nitrogens is 3. The highest BCUT2D eigenvalue weighted by atomic mass is 19.3. The van der Waals surface area contributed by atoms with Gasteiger partial charge >= 0.3 is 0 Å². The third-order valence-electron chi connectivity index (χ3n) is 10.7. The van der Waals surface area contributed by atoms with Gasteiger partial charge in [0.2, 0.25) is 0 Å². The number of hydrogen-bond acceptors (Lipinski definition) is 5. The Kier molecular flexibility index (Phi) is 5.66. The number of rotatable bonds is 5. The topological polar surface area (TPSA) is 39.9 Å². The Labute approximate surface area is 240 Å². The van der Waals surface area contributed by atoms with Gasteiger partial charge in [-0.05, 0) is 56.5 Å². The highest BCUT2D eigenvalue weighted by Crippen LogP contribution is 2.65. The monoisotopic (exact) mass is 556 g/mol. The molecule has 3 aliphatic heterocycles. The largest absolute Gasteiger partial charge is 0.369 e. The average molecular weight is 557 g/mol. The summed E-state index contributed by atoms with van der Waals surface area (Å²) in [6.07, 6.45) is 20.7. The second-order valence-corrected chi connectivity index (χ2v) is 13.4. The summed E-state index contributed by atoms with van der Waals surface area (Å²) in [5.41, 5.74) is 7.37. The lowest BCUT2D eigenvalue weighted by Gasteiger charge is -2.54. The Bertz CT molecular complexity index is 1530. The molecule has 3 aromatic heterocycles. The summed E-state index contributed by atoms with van der Waals surface area (Å²) in [6.45, 7) is 9.62. The molecule has 0 amide bonds. The van der Waals surface area contributed by atoms with Gasteiger partial charge in [0.05, 0.1) is 24.1 Å². The summed E-state index contributed by atoms with van der Waals surface area (Å²) >= 11 is 0. The number of fused-ring (bicyclic) bond motifs is 2. The minimum absolute atomic E-state index is 0.0819. The molecule has 2 aliphatic carbocycles. The second-order valence-electron chi connectivity index (χ2n) is 13.4. The van der Waals surface area contributed by atoms with Crippen molar-refractivity contribution in [1.82, 2.24) is 24.2 Å². The van der Waals surface area contributed by atoms with E-state index in [2.05, 4.69) is 67.5 Å². The van der Waals surface area contributed by atoms with Crippen molar-refractivity contribution in [1.29, 1.82) is 0 Å². The Balaban J connectivity index is 0.936. The maximum atomic E-state index is 13.8. The fraction of sp³-hybridized carbons (Fsp3) is 0.515. The van der Waals surface area contributed by atoms with E-state index in [1.54, 1.807) is 0 Å². The number of imidazole rings is 1. The lowest BCUT2D eigenvalue weighted by Crippen LogP contribution is -2.57. The Morgan fingerprint density at radius 2 is 1.71 bits per heavy atom. The molecule has 0 unspecified atom stereocenters. The Morgan fingerprint density at radius 3 is 2.46 bits per heavy atom. The van der Waals surface area contributed by atoms with E-state index < -0.39 is 11.3 Å². The highest BCUT2D eigenvalue weighted by Gasteiger charge is 2.70. The third kappa shape index (κ3) is 4.28. The minimum Gasteiger partial charge on any atom is -0.369 e. The molecule has 6 nitrogen and oxygen atoms in total. The van der Waals surface area contributed by atoms with Crippen LogP contribution in [-0.2, 0) is 13.1 Å². The molecule has 3 aromatic rings. The van der Waals surface area contributed by atoms with Crippen LogP contribution in [0.4, 0.5) is 14.5 Å². The molecule has 0 bridgehead atoms. The zero-order valence-electron chi connectivity index (χ0n) is 23.7. The second kappa shape index (κ2) is 9.12. The summed E-state index contributed by atoms with van der Waals surface area (Å²) < 4.78 is 29.6.